The third-order valence-corrected chi connectivity index (χ3v) is 5.30. The van der Waals surface area contributed by atoms with Gasteiger partial charge in [0.1, 0.15) is 4.87 Å². The predicted octanol–water partition coefficient (Wildman–Crippen LogP) is 5.45. The van der Waals surface area contributed by atoms with Crippen molar-refractivity contribution in [2.75, 3.05) is 0 Å². The van der Waals surface area contributed by atoms with Crippen molar-refractivity contribution in [3.05, 3.63) is 77.1 Å². The molecule has 0 saturated heterocycles. The van der Waals surface area contributed by atoms with Gasteiger partial charge in [0.25, 0.3) is 0 Å². The Hall–Kier alpha value is -2.62. The zero-order valence-corrected chi connectivity index (χ0v) is 15.5. The highest BCUT2D eigenvalue weighted by Gasteiger charge is 2.42. The molecule has 3 rings (SSSR count). The first-order valence-electron chi connectivity index (χ1n) is 8.21. The summed E-state index contributed by atoms with van der Waals surface area (Å²) in [5.41, 5.74) is -1.29. The van der Waals surface area contributed by atoms with Crippen LogP contribution in [-0.2, 0) is 17.2 Å². The fraction of sp³-hybridized carbons (Fsp3) is 0.278. The van der Waals surface area contributed by atoms with Crippen LogP contribution in [-0.4, -0.2) is 20.2 Å². The van der Waals surface area contributed by atoms with Crippen molar-refractivity contribution >= 4 is 11.6 Å². The summed E-state index contributed by atoms with van der Waals surface area (Å²) in [6.45, 7) is 1.59. The maximum Gasteiger partial charge on any atom is 0.416 e. The van der Waals surface area contributed by atoms with E-state index in [1.165, 1.54) is 24.3 Å². The Morgan fingerprint density at radius 1 is 0.759 bits per heavy atom. The summed E-state index contributed by atoms with van der Waals surface area (Å²) in [5, 5.41) is 11.2. The minimum Gasteiger partial charge on any atom is -0.166 e. The molecule has 2 aromatic carbocycles. The Bertz CT molecular complexity index is 893. The van der Waals surface area contributed by atoms with Crippen molar-refractivity contribution in [2.24, 2.45) is 0 Å². The third kappa shape index (κ3) is 4.07. The highest BCUT2D eigenvalue weighted by Crippen LogP contribution is 2.46. The second kappa shape index (κ2) is 7.33. The van der Waals surface area contributed by atoms with Gasteiger partial charge >= 0.3 is 12.4 Å². The lowest BCUT2D eigenvalue weighted by Crippen LogP contribution is -2.33. The lowest BCUT2D eigenvalue weighted by atomic mass is 9.84. The topological polar surface area (TPSA) is 43.6 Å². The Morgan fingerprint density at radius 2 is 1.14 bits per heavy atom. The van der Waals surface area contributed by atoms with E-state index in [-0.39, 0.29) is 11.1 Å². The largest absolute Gasteiger partial charge is 0.416 e. The number of hydrogen-bond acceptors (Lipinski definition) is 3. The summed E-state index contributed by atoms with van der Waals surface area (Å²) in [5.74, 6) is 0. The second-order valence-electron chi connectivity index (χ2n) is 6.29. The summed E-state index contributed by atoms with van der Waals surface area (Å²) >= 11 is 6.87. The van der Waals surface area contributed by atoms with Gasteiger partial charge in [0.15, 0.2) is 6.33 Å². The Balaban J connectivity index is 2.12. The second-order valence-corrected chi connectivity index (χ2v) is 6.89. The molecule has 0 aliphatic heterocycles. The lowest BCUT2D eigenvalue weighted by molar-refractivity contribution is -0.138. The van der Waals surface area contributed by atoms with Crippen LogP contribution < -0.4 is 0 Å². The molecule has 1 unspecified atom stereocenters. The molecule has 29 heavy (non-hydrogen) atoms. The number of aromatic nitrogens is 4. The molecule has 0 N–H and O–H groups in total. The van der Waals surface area contributed by atoms with Crippen molar-refractivity contribution < 1.29 is 26.3 Å². The molecule has 1 atom stereocenters. The van der Waals surface area contributed by atoms with Gasteiger partial charge in [0, 0.05) is 0 Å². The summed E-state index contributed by atoms with van der Waals surface area (Å²) in [4.78, 5) is -0.419. The van der Waals surface area contributed by atoms with E-state index in [4.69, 9.17) is 11.6 Å². The Morgan fingerprint density at radius 3 is 1.45 bits per heavy atom. The van der Waals surface area contributed by atoms with Gasteiger partial charge in [0.2, 0.25) is 0 Å². The number of rotatable bonds is 4. The van der Waals surface area contributed by atoms with Crippen molar-refractivity contribution in [1.82, 2.24) is 20.2 Å². The Labute approximate surface area is 166 Å². The molecule has 0 aliphatic carbocycles. The summed E-state index contributed by atoms with van der Waals surface area (Å²) < 4.78 is 77.4. The SMILES string of the molecule is CC(n1ncnn1)C(Cl)(c1ccc(C(F)(F)F)cc1)c1ccc(C(F)(F)F)cc1. The zero-order valence-electron chi connectivity index (χ0n) is 14.7. The molecule has 0 radical (unpaired) electrons. The minimum absolute atomic E-state index is 0.233. The lowest BCUT2D eigenvalue weighted by Gasteiger charge is -2.33. The van der Waals surface area contributed by atoms with Crippen LogP contribution in [0.3, 0.4) is 0 Å². The normalized spacial score (nSPS) is 14.1. The van der Waals surface area contributed by atoms with Gasteiger partial charge in [-0.25, -0.2) is 0 Å². The monoisotopic (exact) mass is 434 g/mol. The molecule has 0 saturated carbocycles. The van der Waals surface area contributed by atoms with Gasteiger partial charge < -0.3 is 0 Å². The average Bonchev–Trinajstić information content (AvgIpc) is 3.20. The zero-order chi connectivity index (χ0) is 21.4. The summed E-state index contributed by atoms with van der Waals surface area (Å²) in [6.07, 6.45) is -7.94. The van der Waals surface area contributed by atoms with Gasteiger partial charge in [-0.3, -0.25) is 0 Å². The molecule has 154 valence electrons. The highest BCUT2D eigenvalue weighted by atomic mass is 35.5. The van der Waals surface area contributed by atoms with Gasteiger partial charge in [-0.1, -0.05) is 24.3 Å². The molecular formula is C18H13ClF6N4. The number of benzene rings is 2. The summed E-state index contributed by atoms with van der Waals surface area (Å²) in [6, 6.07) is 7.37. The van der Waals surface area contributed by atoms with Crippen LogP contribution in [0.5, 0.6) is 0 Å². The van der Waals surface area contributed by atoms with Gasteiger partial charge in [0.05, 0.1) is 17.2 Å². The number of tetrazole rings is 1. The fourth-order valence-electron chi connectivity index (χ4n) is 2.96. The van der Waals surface area contributed by atoms with E-state index < -0.39 is 34.4 Å². The molecule has 3 aromatic rings. The third-order valence-electron chi connectivity index (χ3n) is 4.55. The minimum atomic E-state index is -4.54. The van der Waals surface area contributed by atoms with Crippen LogP contribution in [0.25, 0.3) is 0 Å². The van der Waals surface area contributed by atoms with E-state index in [0.717, 1.165) is 35.4 Å². The van der Waals surface area contributed by atoms with E-state index >= 15 is 0 Å². The first-order chi connectivity index (χ1) is 13.4. The van der Waals surface area contributed by atoms with Crippen LogP contribution in [0.2, 0.25) is 0 Å². The van der Waals surface area contributed by atoms with E-state index in [1.807, 2.05) is 0 Å². The molecule has 11 heteroatoms. The molecule has 0 fully saturated rings. The van der Waals surface area contributed by atoms with E-state index in [0.29, 0.717) is 0 Å². The van der Waals surface area contributed by atoms with E-state index in [1.54, 1.807) is 6.92 Å². The molecule has 4 nitrogen and oxygen atoms in total. The Kier molecular flexibility index (Phi) is 5.33. The van der Waals surface area contributed by atoms with Crippen molar-refractivity contribution in [3.8, 4) is 0 Å². The van der Waals surface area contributed by atoms with Crippen LogP contribution in [0.15, 0.2) is 54.9 Å². The van der Waals surface area contributed by atoms with Gasteiger partial charge in [-0.05, 0) is 47.5 Å². The highest BCUT2D eigenvalue weighted by molar-refractivity contribution is 6.26. The number of halogens is 7. The molecule has 1 aromatic heterocycles. The first kappa shape index (κ1) is 21.1. The van der Waals surface area contributed by atoms with Crippen molar-refractivity contribution in [2.45, 2.75) is 30.2 Å². The number of nitrogens with zero attached hydrogens (tertiary/aromatic N) is 4. The number of hydrogen-bond donors (Lipinski definition) is 0. The smallest absolute Gasteiger partial charge is 0.166 e. The average molecular weight is 435 g/mol. The van der Waals surface area contributed by atoms with Gasteiger partial charge in [-0.15, -0.1) is 21.8 Å². The first-order valence-corrected chi connectivity index (χ1v) is 8.58. The molecule has 0 aliphatic rings. The quantitative estimate of drug-likeness (QED) is 0.405. The van der Waals surface area contributed by atoms with Crippen molar-refractivity contribution in [3.63, 3.8) is 0 Å². The molecule has 0 bridgehead atoms. The van der Waals surface area contributed by atoms with Crippen molar-refractivity contribution in [1.29, 1.82) is 0 Å². The van der Waals surface area contributed by atoms with Crippen LogP contribution in [0, 0.1) is 0 Å². The van der Waals surface area contributed by atoms with Crippen LogP contribution >= 0.6 is 11.6 Å². The fourth-order valence-corrected chi connectivity index (χ4v) is 3.30. The predicted molar refractivity (Wildman–Crippen MR) is 92.0 cm³/mol. The molecule has 0 amide bonds. The van der Waals surface area contributed by atoms with Crippen LogP contribution in [0.1, 0.15) is 35.2 Å². The maximum absolute atomic E-state index is 12.9. The molecule has 0 spiro atoms. The standard InChI is InChI=1S/C18H13ClF6N4/c1-11(29-27-10-26-28-29)16(19,12-2-6-14(7-3-12)17(20,21)22)13-4-8-15(9-5-13)18(23,24)25/h2-11H,1H3. The van der Waals surface area contributed by atoms with Crippen LogP contribution in [0.4, 0.5) is 26.3 Å². The molecule has 1 heterocycles. The number of alkyl halides is 7. The maximum atomic E-state index is 12.9. The van der Waals surface area contributed by atoms with Gasteiger partial charge in [-0.2, -0.15) is 31.1 Å². The van der Waals surface area contributed by atoms with E-state index in [9.17, 15) is 26.3 Å². The van der Waals surface area contributed by atoms with E-state index in [2.05, 4.69) is 15.4 Å². The molecular weight excluding hydrogens is 422 g/mol. The summed E-state index contributed by atoms with van der Waals surface area (Å²) in [7, 11) is 0.